The molecule has 6 nitrogen and oxygen atoms in total. The van der Waals surface area contributed by atoms with Gasteiger partial charge in [0.15, 0.2) is 6.04 Å². The van der Waals surface area contributed by atoms with E-state index in [4.69, 9.17) is 11.0 Å². The van der Waals surface area contributed by atoms with Crippen molar-refractivity contribution >= 4 is 11.9 Å². The molecule has 0 aromatic heterocycles. The third-order valence-corrected chi connectivity index (χ3v) is 2.60. The van der Waals surface area contributed by atoms with Gasteiger partial charge in [0.05, 0.1) is 13.1 Å². The van der Waals surface area contributed by atoms with E-state index in [2.05, 4.69) is 0 Å². The lowest BCUT2D eigenvalue weighted by Gasteiger charge is -2.28. The molecule has 0 aromatic rings. The maximum absolute atomic E-state index is 11.3. The second-order valence-corrected chi connectivity index (χ2v) is 3.29. The summed E-state index contributed by atoms with van der Waals surface area (Å²) in [7, 11) is 0. The first kappa shape index (κ1) is 10.6. The van der Waals surface area contributed by atoms with Crippen LogP contribution in [0.2, 0.25) is 0 Å². The van der Waals surface area contributed by atoms with Gasteiger partial charge in [0.2, 0.25) is 5.78 Å². The Balaban J connectivity index is 3.02. The number of nitriles is 1. The van der Waals surface area contributed by atoms with E-state index in [1.54, 1.807) is 6.19 Å². The summed E-state index contributed by atoms with van der Waals surface area (Å²) in [5, 5.41) is 19.6. The van der Waals surface area contributed by atoms with E-state index in [0.717, 1.165) is 0 Å². The molecular formula is C8H11N3O3. The summed E-state index contributed by atoms with van der Waals surface area (Å²) in [6.07, 6.45) is 1.04. The zero-order chi connectivity index (χ0) is 10.8. The highest BCUT2D eigenvalue weighted by Gasteiger charge is 2.48. The molecule has 1 saturated heterocycles. The molecule has 76 valence electrons. The molecule has 1 aliphatic rings. The van der Waals surface area contributed by atoms with Crippen molar-refractivity contribution in [2.24, 2.45) is 5.73 Å². The van der Waals surface area contributed by atoms with Crippen LogP contribution in [0.5, 0.6) is 0 Å². The maximum Gasteiger partial charge on any atom is 0.315 e. The number of nitrogens with zero attached hydrogens (tertiary/aromatic N) is 2. The molecule has 1 fully saturated rings. The molecule has 2 unspecified atom stereocenters. The van der Waals surface area contributed by atoms with Crippen LogP contribution in [0.3, 0.4) is 0 Å². The Bertz CT molecular complexity index is 309. The summed E-state index contributed by atoms with van der Waals surface area (Å²) in [4.78, 5) is 22.1. The largest absolute Gasteiger partial charge is 0.497 e. The number of carboxylic acid groups (broad SMARTS) is 1. The Morgan fingerprint density at radius 2 is 2.29 bits per heavy atom. The summed E-state index contributed by atoms with van der Waals surface area (Å²) >= 11 is 0. The van der Waals surface area contributed by atoms with Gasteiger partial charge in [-0.25, -0.2) is 0 Å². The predicted octanol–water partition coefficient (Wildman–Crippen LogP) is -1.68. The fourth-order valence-corrected chi connectivity index (χ4v) is 1.83. The summed E-state index contributed by atoms with van der Waals surface area (Å²) in [6, 6.07) is -0.852. The quantitative estimate of drug-likeness (QED) is 0.420. The van der Waals surface area contributed by atoms with E-state index in [-0.39, 0.29) is 13.1 Å². The maximum atomic E-state index is 11.3. The number of hydrogen-bond acceptors (Lipinski definition) is 5. The van der Waals surface area contributed by atoms with Crippen molar-refractivity contribution in [3.8, 4) is 6.19 Å². The molecule has 0 aliphatic carbocycles. The van der Waals surface area contributed by atoms with Gasteiger partial charge in [0, 0.05) is 12.8 Å². The van der Waals surface area contributed by atoms with Crippen LogP contribution in [-0.2, 0) is 4.79 Å². The van der Waals surface area contributed by atoms with Crippen LogP contribution in [0.1, 0.15) is 12.8 Å². The highest BCUT2D eigenvalue weighted by atomic mass is 16.4. The lowest BCUT2D eigenvalue weighted by atomic mass is 10.1. The van der Waals surface area contributed by atoms with Crippen molar-refractivity contribution in [1.82, 2.24) is 0 Å². The number of Topliss-reactive ketones (excluding diaryl/α,β-unsaturated/α-hetero) is 1. The molecule has 0 bridgehead atoms. The van der Waals surface area contributed by atoms with Crippen molar-refractivity contribution in [1.29, 1.82) is 5.26 Å². The number of rotatable bonds is 2. The molecule has 1 heterocycles. The molecule has 2 N–H and O–H groups in total. The summed E-state index contributed by atoms with van der Waals surface area (Å²) in [5.74, 6) is -0.395. The minimum Gasteiger partial charge on any atom is -0.497 e. The highest BCUT2D eigenvalue weighted by Crippen LogP contribution is 2.26. The van der Waals surface area contributed by atoms with Gasteiger partial charge in [0.25, 0.3) is 6.09 Å². The lowest BCUT2D eigenvalue weighted by molar-refractivity contribution is -0.817. The van der Waals surface area contributed by atoms with E-state index in [1.807, 2.05) is 0 Å². The van der Waals surface area contributed by atoms with E-state index in [0.29, 0.717) is 12.8 Å². The van der Waals surface area contributed by atoms with Crippen molar-refractivity contribution in [3.63, 3.8) is 0 Å². The number of ketones is 1. The monoisotopic (exact) mass is 197 g/mol. The fourth-order valence-electron chi connectivity index (χ4n) is 1.83. The number of likely N-dealkylation sites (tertiary alicyclic amines) is 1. The predicted molar refractivity (Wildman–Crippen MR) is 43.2 cm³/mol. The second kappa shape index (κ2) is 3.74. The van der Waals surface area contributed by atoms with Gasteiger partial charge in [-0.2, -0.15) is 4.48 Å². The highest BCUT2D eigenvalue weighted by molar-refractivity contribution is 5.86. The third kappa shape index (κ3) is 1.36. The number of hydrogen-bond donors (Lipinski definition) is 1. The Morgan fingerprint density at radius 3 is 2.71 bits per heavy atom. The van der Waals surface area contributed by atoms with Gasteiger partial charge in [-0.15, -0.1) is 5.26 Å². The SMILES string of the molecule is N#C[N+]1(C(=O)[O-])CCCC1C(=O)CN. The Labute approximate surface area is 81.1 Å². The van der Waals surface area contributed by atoms with Gasteiger partial charge in [-0.1, -0.05) is 0 Å². The first-order chi connectivity index (χ1) is 6.58. The molecule has 1 amide bonds. The van der Waals surface area contributed by atoms with Crippen LogP contribution >= 0.6 is 0 Å². The van der Waals surface area contributed by atoms with Crippen LogP contribution in [0.4, 0.5) is 4.79 Å². The average Bonchev–Trinajstić information content (AvgIpc) is 2.61. The van der Waals surface area contributed by atoms with Crippen LogP contribution in [0.25, 0.3) is 0 Å². The molecule has 6 heteroatoms. The molecule has 0 saturated carbocycles. The van der Waals surface area contributed by atoms with Crippen LogP contribution in [0, 0.1) is 11.5 Å². The van der Waals surface area contributed by atoms with E-state index < -0.39 is 22.4 Å². The number of carbonyl (C=O) groups excluding carboxylic acids is 2. The zero-order valence-corrected chi connectivity index (χ0v) is 7.60. The molecule has 14 heavy (non-hydrogen) atoms. The van der Waals surface area contributed by atoms with Gasteiger partial charge < -0.3 is 15.6 Å². The molecule has 1 rings (SSSR count). The smallest absolute Gasteiger partial charge is 0.315 e. The average molecular weight is 197 g/mol. The van der Waals surface area contributed by atoms with E-state index in [1.165, 1.54) is 0 Å². The van der Waals surface area contributed by atoms with Crippen LogP contribution in [-0.4, -0.2) is 35.5 Å². The van der Waals surface area contributed by atoms with Crippen molar-refractivity contribution in [3.05, 3.63) is 0 Å². The second-order valence-electron chi connectivity index (χ2n) is 3.29. The van der Waals surface area contributed by atoms with Gasteiger partial charge in [0.1, 0.15) is 0 Å². The third-order valence-electron chi connectivity index (χ3n) is 2.60. The minimum atomic E-state index is -1.52. The van der Waals surface area contributed by atoms with Crippen molar-refractivity contribution in [2.45, 2.75) is 18.9 Å². The Morgan fingerprint density at radius 1 is 1.64 bits per heavy atom. The van der Waals surface area contributed by atoms with Crippen LogP contribution < -0.4 is 10.8 Å². The van der Waals surface area contributed by atoms with Gasteiger partial charge in [-0.3, -0.25) is 4.79 Å². The van der Waals surface area contributed by atoms with Gasteiger partial charge >= 0.3 is 6.19 Å². The summed E-state index contributed by atoms with van der Waals surface area (Å²) < 4.78 is -0.934. The number of quaternary nitrogens is 1. The summed E-state index contributed by atoms with van der Waals surface area (Å²) in [5.41, 5.74) is 5.15. The van der Waals surface area contributed by atoms with Crippen molar-refractivity contribution < 1.29 is 19.2 Å². The zero-order valence-electron chi connectivity index (χ0n) is 7.60. The fraction of sp³-hybridized carbons (Fsp3) is 0.625. The molecule has 2 atom stereocenters. The van der Waals surface area contributed by atoms with Gasteiger partial charge in [-0.05, 0) is 0 Å². The molecule has 0 radical (unpaired) electrons. The first-order valence-corrected chi connectivity index (χ1v) is 4.32. The molecular weight excluding hydrogens is 186 g/mol. The topological polar surface area (TPSA) is 107 Å². The van der Waals surface area contributed by atoms with E-state index >= 15 is 0 Å². The molecule has 0 spiro atoms. The van der Waals surface area contributed by atoms with Crippen LogP contribution in [0.15, 0.2) is 0 Å². The number of carbonyl (C=O) groups is 2. The Kier molecular flexibility index (Phi) is 2.84. The lowest BCUT2D eigenvalue weighted by Crippen LogP contribution is -2.61. The Hall–Kier alpha value is -1.45. The number of amides is 1. The number of nitrogens with two attached hydrogens (primary N) is 1. The first-order valence-electron chi connectivity index (χ1n) is 4.32. The van der Waals surface area contributed by atoms with Crippen molar-refractivity contribution in [2.75, 3.05) is 13.1 Å². The standard InChI is InChI=1S/C8H11N3O3/c9-4-7(12)6-2-1-3-11(6,5-10)8(13)14/h6H,1-4,9H2. The summed E-state index contributed by atoms with van der Waals surface area (Å²) in [6.45, 7) is -0.116. The normalized spacial score (nSPS) is 31.0. The molecule has 0 aromatic carbocycles. The minimum absolute atomic E-state index is 0.120. The molecule has 1 aliphatic heterocycles. The van der Waals surface area contributed by atoms with E-state index in [9.17, 15) is 14.7 Å².